The molecule has 112 valence electrons. The van der Waals surface area contributed by atoms with Crippen molar-refractivity contribution in [2.45, 2.75) is 36.6 Å². The fraction of sp³-hybridized carbons (Fsp3) is 0.467. The van der Waals surface area contributed by atoms with Crippen molar-refractivity contribution in [3.05, 3.63) is 18.2 Å². The smallest absolute Gasteiger partial charge is 0.234 e. The van der Waals surface area contributed by atoms with Gasteiger partial charge in [-0.05, 0) is 37.0 Å². The maximum Gasteiger partial charge on any atom is 0.234 e. The second-order valence-corrected chi connectivity index (χ2v) is 6.67. The van der Waals surface area contributed by atoms with Gasteiger partial charge < -0.3 is 16.4 Å². The molecule has 1 aliphatic carbocycles. The number of benzene rings is 1. The average Bonchev–Trinajstić information content (AvgIpc) is 2.83. The number of anilines is 2. The van der Waals surface area contributed by atoms with E-state index in [-0.39, 0.29) is 23.8 Å². The Morgan fingerprint density at radius 1 is 1.43 bits per heavy atom. The number of carbonyl (C=O) groups excluding carboxylic acids is 2. The monoisotopic (exact) mass is 305 g/mol. The number of hydrogen-bond donors (Lipinski definition) is 3. The third kappa shape index (κ3) is 3.39. The van der Waals surface area contributed by atoms with Gasteiger partial charge in [-0.2, -0.15) is 0 Å². The zero-order valence-corrected chi connectivity index (χ0v) is 12.5. The van der Waals surface area contributed by atoms with E-state index in [4.69, 9.17) is 5.73 Å². The SMILES string of the molecule is N[C@@H]1CCC[C@H]1CC(=O)Nc1ccc2c(c1)NC(=O)CS2. The molecule has 21 heavy (non-hydrogen) atoms. The number of hydrogen-bond acceptors (Lipinski definition) is 4. The van der Waals surface area contributed by atoms with Gasteiger partial charge in [0.2, 0.25) is 11.8 Å². The van der Waals surface area contributed by atoms with E-state index in [1.54, 1.807) is 0 Å². The zero-order valence-electron chi connectivity index (χ0n) is 11.7. The third-order valence-electron chi connectivity index (χ3n) is 4.06. The van der Waals surface area contributed by atoms with Gasteiger partial charge in [0.1, 0.15) is 0 Å². The Morgan fingerprint density at radius 2 is 2.29 bits per heavy atom. The van der Waals surface area contributed by atoms with Crippen molar-refractivity contribution in [2.24, 2.45) is 11.7 Å². The standard InChI is InChI=1S/C15H19N3O2S/c16-11-3-1-2-9(11)6-14(19)17-10-4-5-13-12(7-10)18-15(20)8-21-13/h4-5,7,9,11H,1-3,6,8,16H2,(H,17,19)(H,18,20)/t9-,11+/m0/s1. The molecule has 3 rings (SSSR count). The molecule has 6 heteroatoms. The van der Waals surface area contributed by atoms with Crippen LogP contribution < -0.4 is 16.4 Å². The molecule has 5 nitrogen and oxygen atoms in total. The topological polar surface area (TPSA) is 84.2 Å². The van der Waals surface area contributed by atoms with Crippen LogP contribution in [0.4, 0.5) is 11.4 Å². The maximum absolute atomic E-state index is 12.1. The predicted molar refractivity (Wildman–Crippen MR) is 84.4 cm³/mol. The highest BCUT2D eigenvalue weighted by molar-refractivity contribution is 8.00. The van der Waals surface area contributed by atoms with Crippen LogP contribution in [-0.2, 0) is 9.59 Å². The Bertz CT molecular complexity index is 576. The van der Waals surface area contributed by atoms with Crippen LogP contribution in [0.15, 0.2) is 23.1 Å². The minimum Gasteiger partial charge on any atom is -0.327 e. The number of rotatable bonds is 3. The van der Waals surface area contributed by atoms with Crippen LogP contribution in [0.1, 0.15) is 25.7 Å². The van der Waals surface area contributed by atoms with E-state index in [0.29, 0.717) is 17.9 Å². The molecule has 0 saturated heterocycles. The van der Waals surface area contributed by atoms with E-state index >= 15 is 0 Å². The summed E-state index contributed by atoms with van der Waals surface area (Å²) in [5.74, 6) is 0.719. The molecule has 4 N–H and O–H groups in total. The fourth-order valence-corrected chi connectivity index (χ4v) is 3.72. The summed E-state index contributed by atoms with van der Waals surface area (Å²) in [5.41, 5.74) is 7.48. The van der Waals surface area contributed by atoms with Gasteiger partial charge in [0.15, 0.2) is 0 Å². The van der Waals surface area contributed by atoms with Crippen molar-refractivity contribution in [3.63, 3.8) is 0 Å². The lowest BCUT2D eigenvalue weighted by molar-refractivity contribution is -0.117. The van der Waals surface area contributed by atoms with Gasteiger partial charge in [0.05, 0.1) is 11.4 Å². The van der Waals surface area contributed by atoms with Crippen LogP contribution in [0.5, 0.6) is 0 Å². The summed E-state index contributed by atoms with van der Waals surface area (Å²) in [6, 6.07) is 5.76. The summed E-state index contributed by atoms with van der Waals surface area (Å²) in [7, 11) is 0. The van der Waals surface area contributed by atoms with Crippen LogP contribution in [0, 0.1) is 5.92 Å². The molecule has 1 saturated carbocycles. The van der Waals surface area contributed by atoms with Gasteiger partial charge in [-0.15, -0.1) is 11.8 Å². The van der Waals surface area contributed by atoms with E-state index in [0.717, 1.165) is 29.8 Å². The van der Waals surface area contributed by atoms with Gasteiger partial charge >= 0.3 is 0 Å². The van der Waals surface area contributed by atoms with E-state index in [9.17, 15) is 9.59 Å². The molecule has 0 bridgehead atoms. The highest BCUT2D eigenvalue weighted by atomic mass is 32.2. The quantitative estimate of drug-likeness (QED) is 0.799. The van der Waals surface area contributed by atoms with Crippen LogP contribution in [0.25, 0.3) is 0 Å². The van der Waals surface area contributed by atoms with Gasteiger partial charge in [0, 0.05) is 23.0 Å². The molecule has 0 spiro atoms. The molecular weight excluding hydrogens is 286 g/mol. The predicted octanol–water partition coefficient (Wildman–Crippen LogP) is 2.19. The van der Waals surface area contributed by atoms with Crippen molar-refractivity contribution in [1.29, 1.82) is 0 Å². The van der Waals surface area contributed by atoms with Gasteiger partial charge in [-0.1, -0.05) is 6.42 Å². The summed E-state index contributed by atoms with van der Waals surface area (Å²) in [5, 5.41) is 5.72. The Labute approximate surface area is 128 Å². The van der Waals surface area contributed by atoms with Crippen LogP contribution in [0.2, 0.25) is 0 Å². The molecule has 1 heterocycles. The summed E-state index contributed by atoms with van der Waals surface area (Å²) in [4.78, 5) is 24.5. The number of carbonyl (C=O) groups is 2. The Morgan fingerprint density at radius 3 is 3.05 bits per heavy atom. The largest absolute Gasteiger partial charge is 0.327 e. The normalized spacial score (nSPS) is 24.3. The van der Waals surface area contributed by atoms with E-state index in [2.05, 4.69) is 10.6 Å². The molecule has 0 radical (unpaired) electrons. The van der Waals surface area contributed by atoms with E-state index in [1.807, 2.05) is 18.2 Å². The van der Waals surface area contributed by atoms with Gasteiger partial charge in [-0.25, -0.2) is 0 Å². The summed E-state index contributed by atoms with van der Waals surface area (Å²) >= 11 is 1.51. The lowest BCUT2D eigenvalue weighted by Crippen LogP contribution is -2.28. The summed E-state index contributed by atoms with van der Waals surface area (Å²) in [6.07, 6.45) is 3.63. The number of fused-ring (bicyclic) bond motifs is 1. The maximum atomic E-state index is 12.1. The van der Waals surface area contributed by atoms with Crippen molar-refractivity contribution in [1.82, 2.24) is 0 Å². The molecule has 1 aromatic carbocycles. The third-order valence-corrected chi connectivity index (χ3v) is 5.14. The van der Waals surface area contributed by atoms with E-state index < -0.39 is 0 Å². The molecule has 2 amide bonds. The van der Waals surface area contributed by atoms with Gasteiger partial charge in [-0.3, -0.25) is 9.59 Å². The summed E-state index contributed by atoms with van der Waals surface area (Å²) in [6.45, 7) is 0. The van der Waals surface area contributed by atoms with Crippen LogP contribution in [-0.4, -0.2) is 23.6 Å². The molecule has 1 fully saturated rings. The lowest BCUT2D eigenvalue weighted by Gasteiger charge is -2.18. The number of amides is 2. The zero-order chi connectivity index (χ0) is 14.8. The van der Waals surface area contributed by atoms with Crippen molar-refractivity contribution >= 4 is 35.0 Å². The first-order valence-electron chi connectivity index (χ1n) is 7.24. The Hall–Kier alpha value is -1.53. The van der Waals surface area contributed by atoms with E-state index in [1.165, 1.54) is 11.8 Å². The first-order valence-corrected chi connectivity index (χ1v) is 8.22. The minimum atomic E-state index is -0.00732. The molecule has 1 aliphatic heterocycles. The minimum absolute atomic E-state index is 0.00657. The van der Waals surface area contributed by atoms with Crippen molar-refractivity contribution < 1.29 is 9.59 Å². The number of nitrogens with one attached hydrogen (secondary N) is 2. The first kappa shape index (κ1) is 14.4. The molecule has 2 aliphatic rings. The second kappa shape index (κ2) is 6.07. The van der Waals surface area contributed by atoms with Crippen LogP contribution in [0.3, 0.4) is 0 Å². The highest BCUT2D eigenvalue weighted by Crippen LogP contribution is 2.33. The van der Waals surface area contributed by atoms with Crippen LogP contribution >= 0.6 is 11.8 Å². The van der Waals surface area contributed by atoms with Crippen molar-refractivity contribution in [2.75, 3.05) is 16.4 Å². The van der Waals surface area contributed by atoms with Gasteiger partial charge in [0.25, 0.3) is 0 Å². The Kier molecular flexibility index (Phi) is 4.17. The highest BCUT2D eigenvalue weighted by Gasteiger charge is 2.26. The molecule has 0 aromatic heterocycles. The number of nitrogens with two attached hydrogens (primary N) is 1. The average molecular weight is 305 g/mol. The number of thioether (sulfide) groups is 1. The fourth-order valence-electron chi connectivity index (χ4n) is 2.93. The Balaban J connectivity index is 1.63. The molecule has 2 atom stereocenters. The molecule has 0 unspecified atom stereocenters. The molecule has 1 aromatic rings. The summed E-state index contributed by atoms with van der Waals surface area (Å²) < 4.78 is 0. The second-order valence-electron chi connectivity index (χ2n) is 5.65. The molecular formula is C15H19N3O2S. The lowest BCUT2D eigenvalue weighted by atomic mass is 10.00. The first-order chi connectivity index (χ1) is 10.1. The van der Waals surface area contributed by atoms with Crippen molar-refractivity contribution in [3.8, 4) is 0 Å².